The van der Waals surface area contributed by atoms with Crippen molar-refractivity contribution in [1.82, 2.24) is 4.90 Å². The monoisotopic (exact) mass is 325 g/mol. The number of ether oxygens (including phenoxy) is 1. The molecule has 2 bridgehead atoms. The van der Waals surface area contributed by atoms with Crippen LogP contribution >= 0.6 is 0 Å². The number of likely N-dealkylation sites (tertiary alicyclic amines) is 1. The minimum Gasteiger partial charge on any atom is -0.504 e. The molecule has 24 heavy (non-hydrogen) atoms. The fraction of sp³-hybridized carbons (Fsp3) is 0.650. The first-order chi connectivity index (χ1) is 11.7. The second kappa shape index (κ2) is 4.34. The Balaban J connectivity index is 1.55. The second-order valence-electron chi connectivity index (χ2n) is 8.54. The molecule has 0 aromatic heterocycles. The van der Waals surface area contributed by atoms with Gasteiger partial charge in [0.05, 0.1) is 0 Å². The Labute approximate surface area is 141 Å². The predicted octanol–water partition coefficient (Wildman–Crippen LogP) is 2.41. The molecule has 0 unspecified atom stereocenters. The molecule has 1 aromatic rings. The number of carbonyl (C=O) groups excluding carboxylic acids is 1. The Morgan fingerprint density at radius 1 is 1.29 bits per heavy atom. The smallest absolute Gasteiger partial charge is 0.165 e. The third-order valence-electron chi connectivity index (χ3n) is 7.36. The predicted molar refractivity (Wildman–Crippen MR) is 88.3 cm³/mol. The molecule has 5 aliphatic rings. The Hall–Kier alpha value is -1.55. The number of benzene rings is 1. The summed E-state index contributed by atoms with van der Waals surface area (Å²) in [6.07, 6.45) is 6.16. The summed E-state index contributed by atoms with van der Waals surface area (Å²) in [5, 5.41) is 10.3. The molecule has 126 valence electrons. The van der Waals surface area contributed by atoms with Crippen LogP contribution in [0.5, 0.6) is 11.5 Å². The number of phenolic OH excluding ortho intramolecular Hbond substituents is 1. The number of rotatable bonds is 2. The molecule has 0 amide bonds. The highest BCUT2D eigenvalue weighted by atomic mass is 16.5. The van der Waals surface area contributed by atoms with Gasteiger partial charge in [0.15, 0.2) is 11.5 Å². The van der Waals surface area contributed by atoms with Gasteiger partial charge in [-0.15, -0.1) is 0 Å². The van der Waals surface area contributed by atoms with Crippen molar-refractivity contribution in [3.8, 4) is 11.5 Å². The molecule has 4 nitrogen and oxygen atoms in total. The summed E-state index contributed by atoms with van der Waals surface area (Å²) in [6.45, 7) is 2.23. The number of piperidine rings is 1. The molecular weight excluding hydrogens is 302 g/mol. The van der Waals surface area contributed by atoms with Crippen LogP contribution in [0.2, 0.25) is 0 Å². The Morgan fingerprint density at radius 3 is 3.00 bits per heavy atom. The van der Waals surface area contributed by atoms with E-state index in [1.165, 1.54) is 24.0 Å². The van der Waals surface area contributed by atoms with Gasteiger partial charge >= 0.3 is 0 Å². The van der Waals surface area contributed by atoms with E-state index in [0.29, 0.717) is 24.0 Å². The van der Waals surface area contributed by atoms with Gasteiger partial charge in [0.1, 0.15) is 11.9 Å². The number of phenols is 1. The molecule has 4 atom stereocenters. The summed E-state index contributed by atoms with van der Waals surface area (Å²) in [5.41, 5.74) is 2.33. The van der Waals surface area contributed by atoms with Gasteiger partial charge in [-0.3, -0.25) is 9.69 Å². The lowest BCUT2D eigenvalue weighted by Gasteiger charge is -2.57. The zero-order valence-electron chi connectivity index (χ0n) is 13.8. The van der Waals surface area contributed by atoms with Crippen molar-refractivity contribution in [2.75, 3.05) is 13.1 Å². The average Bonchev–Trinajstić information content (AvgIpc) is 3.32. The zero-order valence-corrected chi connectivity index (χ0v) is 13.8. The van der Waals surface area contributed by atoms with Crippen molar-refractivity contribution >= 4 is 5.78 Å². The highest BCUT2D eigenvalue weighted by molar-refractivity contribution is 5.87. The van der Waals surface area contributed by atoms with E-state index in [1.54, 1.807) is 6.07 Å². The molecule has 6 rings (SSSR count). The van der Waals surface area contributed by atoms with Gasteiger partial charge in [0.25, 0.3) is 0 Å². The van der Waals surface area contributed by atoms with Gasteiger partial charge in [-0.05, 0) is 56.2 Å². The van der Waals surface area contributed by atoms with Crippen molar-refractivity contribution < 1.29 is 14.6 Å². The van der Waals surface area contributed by atoms with Gasteiger partial charge in [-0.1, -0.05) is 6.07 Å². The van der Waals surface area contributed by atoms with Crippen LogP contribution < -0.4 is 4.74 Å². The lowest BCUT2D eigenvalue weighted by atomic mass is 9.51. The Kier molecular flexibility index (Phi) is 2.48. The highest BCUT2D eigenvalue weighted by Crippen LogP contribution is 2.63. The quantitative estimate of drug-likeness (QED) is 0.907. The number of nitrogens with zero attached hydrogens (tertiary/aromatic N) is 1. The van der Waals surface area contributed by atoms with Gasteiger partial charge < -0.3 is 9.84 Å². The summed E-state index contributed by atoms with van der Waals surface area (Å²) in [6, 6.07) is 4.19. The van der Waals surface area contributed by atoms with Crippen LogP contribution in [0.15, 0.2) is 12.1 Å². The fourth-order valence-electron chi connectivity index (χ4n) is 6.24. The van der Waals surface area contributed by atoms with Gasteiger partial charge in [0, 0.05) is 35.9 Å². The fourth-order valence-corrected chi connectivity index (χ4v) is 6.24. The molecule has 3 aliphatic carbocycles. The van der Waals surface area contributed by atoms with Crippen LogP contribution in [-0.4, -0.2) is 41.0 Å². The van der Waals surface area contributed by atoms with Gasteiger partial charge in [0.2, 0.25) is 0 Å². The first kappa shape index (κ1) is 13.7. The summed E-state index contributed by atoms with van der Waals surface area (Å²) in [5.74, 6) is 2.29. The molecule has 2 heterocycles. The van der Waals surface area contributed by atoms with Crippen molar-refractivity contribution in [3.63, 3.8) is 0 Å². The van der Waals surface area contributed by atoms with E-state index in [0.717, 1.165) is 38.3 Å². The summed E-state index contributed by atoms with van der Waals surface area (Å²) >= 11 is 0. The zero-order chi connectivity index (χ0) is 16.1. The van der Waals surface area contributed by atoms with Crippen molar-refractivity contribution in [2.24, 2.45) is 11.8 Å². The number of carbonyl (C=O) groups is 1. The van der Waals surface area contributed by atoms with Crippen LogP contribution in [0.4, 0.5) is 0 Å². The lowest BCUT2D eigenvalue weighted by Crippen LogP contribution is -2.67. The first-order valence-electron chi connectivity index (χ1n) is 9.47. The van der Waals surface area contributed by atoms with Crippen LogP contribution in [0.3, 0.4) is 0 Å². The van der Waals surface area contributed by atoms with Crippen molar-refractivity contribution in [3.05, 3.63) is 23.3 Å². The van der Waals surface area contributed by atoms with E-state index in [9.17, 15) is 9.90 Å². The molecule has 1 N–H and O–H groups in total. The second-order valence-corrected chi connectivity index (χ2v) is 8.54. The normalized spacial score (nSPS) is 39.5. The average molecular weight is 325 g/mol. The molecule has 0 radical (unpaired) electrons. The minimum absolute atomic E-state index is 0.0688. The Bertz CT molecular complexity index is 755. The van der Waals surface area contributed by atoms with Crippen LogP contribution in [0, 0.1) is 11.8 Å². The summed E-state index contributed by atoms with van der Waals surface area (Å²) in [7, 11) is 0. The van der Waals surface area contributed by atoms with Crippen molar-refractivity contribution in [2.45, 2.75) is 56.1 Å². The summed E-state index contributed by atoms with van der Waals surface area (Å²) < 4.78 is 6.27. The molecule has 1 saturated heterocycles. The van der Waals surface area contributed by atoms with Crippen LogP contribution in [-0.2, 0) is 16.6 Å². The first-order valence-corrected chi connectivity index (χ1v) is 9.47. The molecule has 3 fully saturated rings. The summed E-state index contributed by atoms with van der Waals surface area (Å²) in [4.78, 5) is 15.6. The maximum Gasteiger partial charge on any atom is 0.165 e. The minimum atomic E-state index is -0.165. The molecular formula is C20H23NO3. The molecule has 2 saturated carbocycles. The number of hydrogen-bond donors (Lipinski definition) is 1. The topological polar surface area (TPSA) is 49.8 Å². The number of ketones is 1. The highest BCUT2D eigenvalue weighted by Gasteiger charge is 2.66. The van der Waals surface area contributed by atoms with Crippen molar-refractivity contribution in [1.29, 1.82) is 0 Å². The van der Waals surface area contributed by atoms with E-state index >= 15 is 0 Å². The van der Waals surface area contributed by atoms with Gasteiger partial charge in [-0.25, -0.2) is 0 Å². The molecule has 4 heteroatoms. The van der Waals surface area contributed by atoms with E-state index in [1.807, 2.05) is 0 Å². The third kappa shape index (κ3) is 1.52. The van der Waals surface area contributed by atoms with E-state index in [2.05, 4.69) is 11.0 Å². The largest absolute Gasteiger partial charge is 0.504 e. The maximum atomic E-state index is 13.0. The number of hydrogen-bond acceptors (Lipinski definition) is 4. The number of aromatic hydroxyl groups is 1. The Morgan fingerprint density at radius 2 is 2.17 bits per heavy atom. The SMILES string of the molecule is O=C1CC[C@@H]2Oc3c(O)ccc4c3[C@@]23CCN(CC2CC2)[C@H](C4)[C@H]13. The van der Waals surface area contributed by atoms with Gasteiger partial charge in [-0.2, -0.15) is 0 Å². The molecule has 1 spiro atoms. The van der Waals surface area contributed by atoms with E-state index < -0.39 is 0 Å². The van der Waals surface area contributed by atoms with E-state index in [4.69, 9.17) is 4.74 Å². The standard InChI is InChI=1S/C20H23NO3/c22-14-5-6-16-20-7-8-21(10-11-1-2-11)13(18(14)20)9-12-3-4-15(23)19(24-16)17(12)20/h3-4,11,13,16,18,23H,1-2,5-10H2/t13-,16+,18-,20-/m1/s1. The number of Topliss-reactive ketones (excluding diaryl/α,β-unsaturated/α-hetero) is 1. The molecule has 1 aromatic carbocycles. The van der Waals surface area contributed by atoms with E-state index in [-0.39, 0.29) is 23.2 Å². The molecule has 2 aliphatic heterocycles. The van der Waals surface area contributed by atoms with Crippen LogP contribution in [0.1, 0.15) is 43.2 Å². The van der Waals surface area contributed by atoms with Crippen LogP contribution in [0.25, 0.3) is 0 Å². The lowest BCUT2D eigenvalue weighted by molar-refractivity contribution is -0.140. The third-order valence-corrected chi connectivity index (χ3v) is 7.36. The maximum absolute atomic E-state index is 13.0.